The van der Waals surface area contributed by atoms with Crippen molar-refractivity contribution in [2.75, 3.05) is 4.90 Å². The van der Waals surface area contributed by atoms with Gasteiger partial charge in [0.25, 0.3) is 5.91 Å². The second-order valence-corrected chi connectivity index (χ2v) is 5.73. The van der Waals surface area contributed by atoms with Crippen molar-refractivity contribution in [2.45, 2.75) is 26.4 Å². The largest absolute Gasteiger partial charge is 0.349 e. The molecule has 4 heteroatoms. The molecule has 0 radical (unpaired) electrons. The first kappa shape index (κ1) is 17.3. The van der Waals surface area contributed by atoms with Crippen LogP contribution in [-0.2, 0) is 11.3 Å². The van der Waals surface area contributed by atoms with E-state index >= 15 is 0 Å². The molecule has 0 aliphatic heterocycles. The fourth-order valence-corrected chi connectivity index (χ4v) is 2.25. The smallest absolute Gasteiger partial charge is 0.263 e. The molecule has 0 heterocycles. The van der Waals surface area contributed by atoms with Crippen LogP contribution < -0.4 is 10.2 Å². The Kier molecular flexibility index (Phi) is 6.16. The zero-order chi connectivity index (χ0) is 17.4. The predicted octanol–water partition coefficient (Wildman–Crippen LogP) is 3.63. The molecular formula is C20H21N3O. The lowest BCUT2D eigenvalue weighted by Crippen LogP contribution is -2.32. The Hall–Kier alpha value is -3.06. The van der Waals surface area contributed by atoms with Crippen LogP contribution in [0.15, 0.2) is 72.4 Å². The lowest BCUT2D eigenvalue weighted by atomic mass is 10.2. The van der Waals surface area contributed by atoms with Crippen molar-refractivity contribution in [2.24, 2.45) is 0 Å². The van der Waals surface area contributed by atoms with Crippen LogP contribution in [0, 0.1) is 11.3 Å². The molecule has 0 aliphatic rings. The van der Waals surface area contributed by atoms with Gasteiger partial charge in [0.1, 0.15) is 11.6 Å². The van der Waals surface area contributed by atoms with Crippen LogP contribution in [0.2, 0.25) is 0 Å². The van der Waals surface area contributed by atoms with E-state index in [2.05, 4.69) is 5.32 Å². The quantitative estimate of drug-likeness (QED) is 0.653. The molecule has 0 aromatic heterocycles. The number of carbonyl (C=O) groups is 1. The fourth-order valence-electron chi connectivity index (χ4n) is 2.25. The second-order valence-electron chi connectivity index (χ2n) is 5.73. The molecule has 0 bridgehead atoms. The Bertz CT molecular complexity index is 730. The van der Waals surface area contributed by atoms with Crippen LogP contribution in [0.4, 0.5) is 5.69 Å². The van der Waals surface area contributed by atoms with E-state index in [4.69, 9.17) is 0 Å². The number of hydrogen-bond acceptors (Lipinski definition) is 3. The van der Waals surface area contributed by atoms with E-state index in [0.29, 0.717) is 6.54 Å². The van der Waals surface area contributed by atoms with Gasteiger partial charge in [-0.2, -0.15) is 5.26 Å². The van der Waals surface area contributed by atoms with E-state index in [9.17, 15) is 10.1 Å². The minimum absolute atomic E-state index is 0.0199. The maximum absolute atomic E-state index is 12.2. The lowest BCUT2D eigenvalue weighted by Gasteiger charge is -2.21. The molecule has 0 fully saturated rings. The molecule has 1 amide bonds. The van der Waals surface area contributed by atoms with Crippen molar-refractivity contribution >= 4 is 11.6 Å². The zero-order valence-electron chi connectivity index (χ0n) is 13.9. The van der Waals surface area contributed by atoms with Gasteiger partial charge in [-0.25, -0.2) is 0 Å². The number of para-hydroxylation sites is 1. The van der Waals surface area contributed by atoms with Gasteiger partial charge in [0, 0.05) is 24.5 Å². The molecular weight excluding hydrogens is 298 g/mol. The summed E-state index contributed by atoms with van der Waals surface area (Å²) in [5, 5.41) is 12.1. The average molecular weight is 319 g/mol. The number of carbonyl (C=O) groups excluding carboxylic acids is 1. The fraction of sp³-hybridized carbons (Fsp3) is 0.200. The van der Waals surface area contributed by atoms with E-state index < -0.39 is 0 Å². The molecule has 24 heavy (non-hydrogen) atoms. The summed E-state index contributed by atoms with van der Waals surface area (Å²) in [6.45, 7) is 4.31. The van der Waals surface area contributed by atoms with Gasteiger partial charge in [-0.15, -0.1) is 0 Å². The Labute approximate surface area is 143 Å². The number of rotatable bonds is 6. The Balaban J connectivity index is 2.33. The van der Waals surface area contributed by atoms with E-state index in [0.717, 1.165) is 11.3 Å². The minimum atomic E-state index is -0.360. The van der Waals surface area contributed by atoms with Crippen LogP contribution in [0.5, 0.6) is 0 Å². The number of amides is 1. The summed E-state index contributed by atoms with van der Waals surface area (Å²) in [6, 6.07) is 21.6. The maximum Gasteiger partial charge on any atom is 0.263 e. The van der Waals surface area contributed by atoms with Gasteiger partial charge in [-0.05, 0) is 31.5 Å². The van der Waals surface area contributed by atoms with Crippen LogP contribution in [0.1, 0.15) is 19.4 Å². The van der Waals surface area contributed by atoms with E-state index in [-0.39, 0.29) is 17.5 Å². The van der Waals surface area contributed by atoms with Crippen LogP contribution in [0.3, 0.4) is 0 Å². The Morgan fingerprint density at radius 3 is 2.25 bits per heavy atom. The first-order valence-electron chi connectivity index (χ1n) is 7.88. The molecule has 2 rings (SSSR count). The number of hydrogen-bond donors (Lipinski definition) is 1. The molecule has 0 saturated heterocycles. The third-order valence-electron chi connectivity index (χ3n) is 3.35. The predicted molar refractivity (Wildman–Crippen MR) is 96.0 cm³/mol. The molecule has 1 N–H and O–H groups in total. The summed E-state index contributed by atoms with van der Waals surface area (Å²) in [4.78, 5) is 14.1. The van der Waals surface area contributed by atoms with Crippen LogP contribution in [0.25, 0.3) is 0 Å². The number of nitrogens with one attached hydrogen (secondary N) is 1. The molecule has 0 spiro atoms. The summed E-state index contributed by atoms with van der Waals surface area (Å²) in [5.74, 6) is -0.360. The van der Waals surface area contributed by atoms with Crippen molar-refractivity contribution in [1.29, 1.82) is 5.26 Å². The van der Waals surface area contributed by atoms with Gasteiger partial charge in [-0.3, -0.25) is 4.79 Å². The van der Waals surface area contributed by atoms with Gasteiger partial charge >= 0.3 is 0 Å². The van der Waals surface area contributed by atoms with Gasteiger partial charge in [0.05, 0.1) is 0 Å². The van der Waals surface area contributed by atoms with Crippen molar-refractivity contribution in [3.63, 3.8) is 0 Å². The molecule has 0 atom stereocenters. The SMILES string of the molecule is CC(C)NC(=O)/C(C#N)=C\N(Cc1ccccc1)c1ccccc1. The molecule has 122 valence electrons. The highest BCUT2D eigenvalue weighted by atomic mass is 16.1. The first-order valence-corrected chi connectivity index (χ1v) is 7.88. The monoisotopic (exact) mass is 319 g/mol. The molecule has 0 aliphatic carbocycles. The topological polar surface area (TPSA) is 56.1 Å². The van der Waals surface area contributed by atoms with Crippen molar-refractivity contribution in [3.05, 3.63) is 78.0 Å². The standard InChI is InChI=1S/C20H21N3O/c1-16(2)22-20(24)18(13-21)15-23(19-11-7-4-8-12-19)14-17-9-5-3-6-10-17/h3-12,15-16H,14H2,1-2H3,(H,22,24)/b18-15-. The third kappa shape index (κ3) is 4.99. The van der Waals surface area contributed by atoms with Gasteiger partial charge in [0.2, 0.25) is 0 Å². The van der Waals surface area contributed by atoms with Crippen molar-refractivity contribution < 1.29 is 4.79 Å². The number of nitrogens with zero attached hydrogens (tertiary/aromatic N) is 2. The first-order chi connectivity index (χ1) is 11.6. The maximum atomic E-state index is 12.2. The highest BCUT2D eigenvalue weighted by Crippen LogP contribution is 2.18. The number of benzene rings is 2. The lowest BCUT2D eigenvalue weighted by molar-refractivity contribution is -0.117. The highest BCUT2D eigenvalue weighted by molar-refractivity contribution is 5.97. The number of nitriles is 1. The Morgan fingerprint density at radius 1 is 1.12 bits per heavy atom. The summed E-state index contributed by atoms with van der Waals surface area (Å²) in [5.41, 5.74) is 2.11. The van der Waals surface area contributed by atoms with E-state index in [1.807, 2.05) is 85.5 Å². The average Bonchev–Trinajstić information content (AvgIpc) is 2.59. The van der Waals surface area contributed by atoms with E-state index in [1.165, 1.54) is 0 Å². The molecule has 0 saturated carbocycles. The molecule has 4 nitrogen and oxygen atoms in total. The zero-order valence-corrected chi connectivity index (χ0v) is 13.9. The molecule has 0 unspecified atom stereocenters. The van der Waals surface area contributed by atoms with Crippen LogP contribution in [-0.4, -0.2) is 11.9 Å². The molecule has 2 aromatic carbocycles. The summed E-state index contributed by atoms with van der Waals surface area (Å²) in [6.07, 6.45) is 1.61. The van der Waals surface area contributed by atoms with Crippen molar-refractivity contribution in [3.8, 4) is 6.07 Å². The molecule has 2 aromatic rings. The third-order valence-corrected chi connectivity index (χ3v) is 3.35. The van der Waals surface area contributed by atoms with Gasteiger partial charge in [-0.1, -0.05) is 48.5 Å². The summed E-state index contributed by atoms with van der Waals surface area (Å²) >= 11 is 0. The van der Waals surface area contributed by atoms with Crippen molar-refractivity contribution in [1.82, 2.24) is 5.32 Å². The van der Waals surface area contributed by atoms with Gasteiger partial charge < -0.3 is 10.2 Å². The van der Waals surface area contributed by atoms with Gasteiger partial charge in [0.15, 0.2) is 0 Å². The number of anilines is 1. The second kappa shape index (κ2) is 8.54. The highest BCUT2D eigenvalue weighted by Gasteiger charge is 2.13. The summed E-state index contributed by atoms with van der Waals surface area (Å²) in [7, 11) is 0. The van der Waals surface area contributed by atoms with Crippen LogP contribution >= 0.6 is 0 Å². The summed E-state index contributed by atoms with van der Waals surface area (Å²) < 4.78 is 0. The van der Waals surface area contributed by atoms with E-state index in [1.54, 1.807) is 6.20 Å². The minimum Gasteiger partial charge on any atom is -0.349 e. The normalized spacial score (nSPS) is 11.0. The Morgan fingerprint density at radius 2 is 1.71 bits per heavy atom.